The monoisotopic (exact) mass is 289 g/mol. The van der Waals surface area contributed by atoms with E-state index >= 15 is 0 Å². The van der Waals surface area contributed by atoms with Crippen molar-refractivity contribution in [1.29, 1.82) is 0 Å². The smallest absolute Gasteiger partial charge is 0.405 e. The minimum atomic E-state index is -4.53. The number of carboxylic acid groups (broad SMARTS) is 1. The molecule has 1 aromatic rings. The number of amides is 1. The summed E-state index contributed by atoms with van der Waals surface area (Å²) in [7, 11) is 0. The first-order chi connectivity index (χ1) is 9.15. The molecule has 0 radical (unpaired) electrons. The largest absolute Gasteiger partial charge is 0.481 e. The summed E-state index contributed by atoms with van der Waals surface area (Å²) in [5.74, 6) is -2.23. The predicted molar refractivity (Wildman–Crippen MR) is 65.1 cm³/mol. The first kappa shape index (κ1) is 16.0. The van der Waals surface area contributed by atoms with Crippen LogP contribution in [0.4, 0.5) is 13.2 Å². The molecule has 0 aliphatic rings. The maximum absolute atomic E-state index is 12.0. The lowest BCUT2D eigenvalue weighted by molar-refractivity contribution is -0.147. The molecule has 0 saturated carbocycles. The maximum atomic E-state index is 12.0. The van der Waals surface area contributed by atoms with Crippen LogP contribution in [0.2, 0.25) is 0 Å². The molecule has 1 unspecified atom stereocenters. The van der Waals surface area contributed by atoms with E-state index in [-0.39, 0.29) is 0 Å². The van der Waals surface area contributed by atoms with Crippen molar-refractivity contribution >= 4 is 11.9 Å². The summed E-state index contributed by atoms with van der Waals surface area (Å²) in [5, 5.41) is 10.9. The number of aliphatic carboxylic acids is 1. The highest BCUT2D eigenvalue weighted by molar-refractivity contribution is 5.89. The van der Waals surface area contributed by atoms with Gasteiger partial charge in [0.2, 0.25) is 5.91 Å². The van der Waals surface area contributed by atoms with E-state index in [1.807, 2.05) is 0 Å². The van der Waals surface area contributed by atoms with Crippen molar-refractivity contribution in [2.75, 3.05) is 6.54 Å². The second-order valence-electron chi connectivity index (χ2n) is 4.57. The van der Waals surface area contributed by atoms with Gasteiger partial charge in [-0.3, -0.25) is 9.59 Å². The summed E-state index contributed by atoms with van der Waals surface area (Å²) in [6.45, 7) is -0.172. The van der Waals surface area contributed by atoms with Crippen LogP contribution < -0.4 is 5.32 Å². The summed E-state index contributed by atoms with van der Waals surface area (Å²) in [4.78, 5) is 22.9. The number of alkyl halides is 3. The Morgan fingerprint density at radius 2 is 1.75 bits per heavy atom. The molecule has 0 aromatic heterocycles. The molecule has 0 aliphatic carbocycles. The van der Waals surface area contributed by atoms with Crippen molar-refractivity contribution in [3.05, 3.63) is 35.9 Å². The molecule has 0 spiro atoms. The molecule has 1 amide bonds. The number of halogens is 3. The van der Waals surface area contributed by atoms with E-state index in [9.17, 15) is 27.9 Å². The second kappa shape index (κ2) is 5.94. The molecular formula is C13H14F3NO3. The van der Waals surface area contributed by atoms with E-state index in [0.717, 1.165) is 0 Å². The fourth-order valence-corrected chi connectivity index (χ4v) is 1.69. The fraction of sp³-hybridized carbons (Fsp3) is 0.385. The summed E-state index contributed by atoms with van der Waals surface area (Å²) < 4.78 is 36.0. The standard InChI is InChI=1S/C13H14F3NO3/c1-12(11(19)20,9-5-3-2-4-6-9)7-10(18)17-8-13(14,15)16/h2-6H,7-8H2,1H3,(H,17,18)(H,19,20). The Labute approximate surface area is 113 Å². The summed E-state index contributed by atoms with van der Waals surface area (Å²) in [5.41, 5.74) is -1.22. The number of rotatable bonds is 5. The van der Waals surface area contributed by atoms with Crippen molar-refractivity contribution in [2.45, 2.75) is 24.9 Å². The Bertz CT molecular complexity index is 487. The van der Waals surface area contributed by atoms with Gasteiger partial charge in [0.1, 0.15) is 6.54 Å². The molecule has 2 N–H and O–H groups in total. The molecule has 110 valence electrons. The van der Waals surface area contributed by atoms with Crippen molar-refractivity contribution in [3.63, 3.8) is 0 Å². The fourth-order valence-electron chi connectivity index (χ4n) is 1.69. The van der Waals surface area contributed by atoms with Gasteiger partial charge >= 0.3 is 12.1 Å². The van der Waals surface area contributed by atoms with Crippen molar-refractivity contribution in [3.8, 4) is 0 Å². The van der Waals surface area contributed by atoms with Gasteiger partial charge in [0.05, 0.1) is 5.41 Å². The SMILES string of the molecule is CC(CC(=O)NCC(F)(F)F)(C(=O)O)c1ccccc1. The van der Waals surface area contributed by atoms with Crippen LogP contribution in [0.25, 0.3) is 0 Å². The summed E-state index contributed by atoms with van der Waals surface area (Å²) in [6, 6.07) is 7.92. The average Bonchev–Trinajstić information content (AvgIpc) is 2.36. The van der Waals surface area contributed by atoms with Crippen LogP contribution >= 0.6 is 0 Å². The van der Waals surface area contributed by atoms with Gasteiger partial charge in [-0.05, 0) is 12.5 Å². The topological polar surface area (TPSA) is 66.4 Å². The van der Waals surface area contributed by atoms with E-state index in [0.29, 0.717) is 5.56 Å². The van der Waals surface area contributed by atoms with E-state index in [1.165, 1.54) is 19.1 Å². The zero-order chi connectivity index (χ0) is 15.4. The van der Waals surface area contributed by atoms with Gasteiger partial charge in [0, 0.05) is 6.42 Å². The zero-order valence-electron chi connectivity index (χ0n) is 10.7. The number of nitrogens with one attached hydrogen (secondary N) is 1. The van der Waals surface area contributed by atoms with Gasteiger partial charge in [0.15, 0.2) is 0 Å². The quantitative estimate of drug-likeness (QED) is 0.872. The minimum absolute atomic E-state index is 0.356. The maximum Gasteiger partial charge on any atom is 0.405 e. The second-order valence-corrected chi connectivity index (χ2v) is 4.57. The molecule has 4 nitrogen and oxygen atoms in total. The number of benzene rings is 1. The van der Waals surface area contributed by atoms with Crippen LogP contribution in [0.15, 0.2) is 30.3 Å². The molecule has 20 heavy (non-hydrogen) atoms. The lowest BCUT2D eigenvalue weighted by Crippen LogP contribution is -2.41. The van der Waals surface area contributed by atoms with E-state index in [4.69, 9.17) is 0 Å². The lowest BCUT2D eigenvalue weighted by atomic mass is 9.79. The minimum Gasteiger partial charge on any atom is -0.481 e. The predicted octanol–water partition coefficient (Wildman–Crippen LogP) is 2.10. The highest BCUT2D eigenvalue weighted by Gasteiger charge is 2.38. The van der Waals surface area contributed by atoms with Crippen LogP contribution in [0.3, 0.4) is 0 Å². The zero-order valence-corrected chi connectivity index (χ0v) is 10.7. The number of hydrogen-bond donors (Lipinski definition) is 2. The van der Waals surface area contributed by atoms with Gasteiger partial charge < -0.3 is 10.4 Å². The van der Waals surface area contributed by atoms with Gasteiger partial charge in [-0.1, -0.05) is 30.3 Å². The van der Waals surface area contributed by atoms with E-state index in [1.54, 1.807) is 23.5 Å². The van der Waals surface area contributed by atoms with Crippen molar-refractivity contribution < 1.29 is 27.9 Å². The molecule has 1 rings (SSSR count). The molecule has 0 fully saturated rings. The number of carbonyl (C=O) groups excluding carboxylic acids is 1. The molecule has 0 aliphatic heterocycles. The summed E-state index contributed by atoms with van der Waals surface area (Å²) >= 11 is 0. The molecule has 1 aromatic carbocycles. The molecule has 7 heteroatoms. The Kier molecular flexibility index (Phi) is 4.75. The molecule has 0 saturated heterocycles. The third kappa shape index (κ3) is 4.25. The third-order valence-corrected chi connectivity index (χ3v) is 2.88. The van der Waals surface area contributed by atoms with E-state index < -0.39 is 36.4 Å². The highest BCUT2D eigenvalue weighted by atomic mass is 19.4. The summed E-state index contributed by atoms with van der Waals surface area (Å²) in [6.07, 6.45) is -5.09. The molecule has 0 heterocycles. The highest BCUT2D eigenvalue weighted by Crippen LogP contribution is 2.28. The van der Waals surface area contributed by atoms with Crippen LogP contribution in [-0.4, -0.2) is 29.7 Å². The number of carbonyl (C=O) groups is 2. The van der Waals surface area contributed by atoms with Crippen molar-refractivity contribution in [2.24, 2.45) is 0 Å². The normalized spacial score (nSPS) is 14.4. The Morgan fingerprint density at radius 3 is 2.20 bits per heavy atom. The first-order valence-corrected chi connectivity index (χ1v) is 5.77. The average molecular weight is 289 g/mol. The number of carboxylic acids is 1. The van der Waals surface area contributed by atoms with Gasteiger partial charge in [0.25, 0.3) is 0 Å². The van der Waals surface area contributed by atoms with Crippen LogP contribution in [0.5, 0.6) is 0 Å². The Morgan fingerprint density at radius 1 is 1.20 bits per heavy atom. The van der Waals surface area contributed by atoms with Gasteiger partial charge in [-0.15, -0.1) is 0 Å². The molecule has 1 atom stereocenters. The molecular weight excluding hydrogens is 275 g/mol. The Hall–Kier alpha value is -2.05. The lowest BCUT2D eigenvalue weighted by Gasteiger charge is -2.24. The Balaban J connectivity index is 2.83. The third-order valence-electron chi connectivity index (χ3n) is 2.88. The van der Waals surface area contributed by atoms with Crippen LogP contribution in [0, 0.1) is 0 Å². The van der Waals surface area contributed by atoms with E-state index in [2.05, 4.69) is 0 Å². The molecule has 0 bridgehead atoms. The van der Waals surface area contributed by atoms with Crippen molar-refractivity contribution in [1.82, 2.24) is 5.32 Å². The van der Waals surface area contributed by atoms with Gasteiger partial charge in [-0.25, -0.2) is 0 Å². The number of hydrogen-bond acceptors (Lipinski definition) is 2. The van der Waals surface area contributed by atoms with Crippen LogP contribution in [-0.2, 0) is 15.0 Å². The van der Waals surface area contributed by atoms with Gasteiger partial charge in [-0.2, -0.15) is 13.2 Å². The first-order valence-electron chi connectivity index (χ1n) is 5.77. The van der Waals surface area contributed by atoms with Crippen LogP contribution in [0.1, 0.15) is 18.9 Å².